The number of likely N-dealkylation sites (N-methyl/N-ethyl adjacent to an activating group) is 1. The molecule has 1 saturated heterocycles. The average molecular weight is 452 g/mol. The molecule has 1 fully saturated rings. The summed E-state index contributed by atoms with van der Waals surface area (Å²) in [5, 5.41) is 3.07. The topological polar surface area (TPSA) is 79.0 Å². The summed E-state index contributed by atoms with van der Waals surface area (Å²) in [6, 6.07) is -0.719. The second-order valence-electron chi connectivity index (χ2n) is 9.23. The van der Waals surface area contributed by atoms with Gasteiger partial charge in [0.2, 0.25) is 11.8 Å². The lowest BCUT2D eigenvalue weighted by Gasteiger charge is -2.40. The van der Waals surface area contributed by atoms with Crippen molar-refractivity contribution >= 4 is 17.8 Å². The zero-order valence-corrected chi connectivity index (χ0v) is 21.4. The van der Waals surface area contributed by atoms with Gasteiger partial charge in [-0.05, 0) is 58.9 Å². The minimum atomic E-state index is -0.612. The third-order valence-corrected chi connectivity index (χ3v) is 6.54. The van der Waals surface area contributed by atoms with Gasteiger partial charge in [0.1, 0.15) is 6.04 Å². The fourth-order valence-corrected chi connectivity index (χ4v) is 4.25. The van der Waals surface area contributed by atoms with Crippen molar-refractivity contribution in [2.24, 2.45) is 5.92 Å². The Bertz CT molecular complexity index is 662. The van der Waals surface area contributed by atoms with Crippen molar-refractivity contribution in [1.29, 1.82) is 0 Å². The van der Waals surface area contributed by atoms with Crippen LogP contribution in [-0.4, -0.2) is 72.0 Å². The molecular formula is C25H45N3O4. The maximum atomic E-state index is 13.4. The van der Waals surface area contributed by atoms with E-state index in [4.69, 9.17) is 4.74 Å². The first-order valence-electron chi connectivity index (χ1n) is 12.3. The molecule has 184 valence electrons. The van der Waals surface area contributed by atoms with Gasteiger partial charge in [0.15, 0.2) is 0 Å². The van der Waals surface area contributed by atoms with Crippen molar-refractivity contribution < 1.29 is 19.1 Å². The lowest BCUT2D eigenvalue weighted by molar-refractivity contribution is -0.140. The van der Waals surface area contributed by atoms with Gasteiger partial charge in [-0.1, -0.05) is 40.2 Å². The van der Waals surface area contributed by atoms with E-state index in [1.807, 2.05) is 20.8 Å². The molecule has 0 saturated carbocycles. The van der Waals surface area contributed by atoms with E-state index in [1.165, 1.54) is 0 Å². The molecule has 2 unspecified atom stereocenters. The number of nitrogens with one attached hydrogen (secondary N) is 1. The third kappa shape index (κ3) is 7.61. The van der Waals surface area contributed by atoms with E-state index >= 15 is 0 Å². The standard InChI is InChI=1S/C25H45N3O4/c1-9-19(7)28-15-13-12-14-21(28)23(29)26-22(17(4)5)24(30)27(8)20(10-2)16-18(6)25(31)32-11-3/h16-17,19-22H,9-15H2,1-8H3,(H,26,29)/b18-16+/t19?,20?,21-,22+/m1/s1. The summed E-state index contributed by atoms with van der Waals surface area (Å²) in [4.78, 5) is 42.6. The summed E-state index contributed by atoms with van der Waals surface area (Å²) in [5.41, 5.74) is 0.481. The van der Waals surface area contributed by atoms with Crippen molar-refractivity contribution in [3.8, 4) is 0 Å². The second kappa shape index (κ2) is 13.6. The Morgan fingerprint density at radius 1 is 1.12 bits per heavy atom. The van der Waals surface area contributed by atoms with Gasteiger partial charge in [-0.2, -0.15) is 0 Å². The van der Waals surface area contributed by atoms with Crippen LogP contribution in [0.4, 0.5) is 0 Å². The SMILES string of the molecule is CCOC(=O)/C(C)=C/C(CC)N(C)C(=O)[C@@H](NC(=O)[C@H]1CCCCN1C(C)CC)C(C)C. The fraction of sp³-hybridized carbons (Fsp3) is 0.800. The molecule has 0 aromatic rings. The van der Waals surface area contributed by atoms with E-state index in [2.05, 4.69) is 24.1 Å². The second-order valence-corrected chi connectivity index (χ2v) is 9.23. The number of ether oxygens (including phenoxy) is 1. The maximum Gasteiger partial charge on any atom is 0.333 e. The van der Waals surface area contributed by atoms with E-state index in [0.29, 0.717) is 24.6 Å². The molecule has 1 aliphatic heterocycles. The molecule has 1 rings (SSSR count). The summed E-state index contributed by atoms with van der Waals surface area (Å²) >= 11 is 0. The Kier molecular flexibility index (Phi) is 12.0. The molecule has 1 heterocycles. The van der Waals surface area contributed by atoms with Gasteiger partial charge in [0, 0.05) is 18.7 Å². The Hall–Kier alpha value is -1.89. The molecule has 1 aliphatic rings. The first-order chi connectivity index (χ1) is 15.1. The van der Waals surface area contributed by atoms with Crippen LogP contribution in [-0.2, 0) is 19.1 Å². The number of likely N-dealkylation sites (tertiary alicyclic amines) is 1. The molecule has 0 spiro atoms. The molecule has 0 aromatic carbocycles. The quantitative estimate of drug-likeness (QED) is 0.384. The fourth-order valence-electron chi connectivity index (χ4n) is 4.25. The first kappa shape index (κ1) is 28.1. The zero-order valence-electron chi connectivity index (χ0n) is 21.4. The van der Waals surface area contributed by atoms with Gasteiger partial charge >= 0.3 is 5.97 Å². The Morgan fingerprint density at radius 3 is 2.31 bits per heavy atom. The van der Waals surface area contributed by atoms with Crippen LogP contribution in [0.15, 0.2) is 11.6 Å². The van der Waals surface area contributed by atoms with Crippen molar-refractivity contribution in [1.82, 2.24) is 15.1 Å². The maximum absolute atomic E-state index is 13.4. The predicted octanol–water partition coefficient (Wildman–Crippen LogP) is 3.53. The van der Waals surface area contributed by atoms with Crippen molar-refractivity contribution in [2.75, 3.05) is 20.2 Å². The summed E-state index contributed by atoms with van der Waals surface area (Å²) in [5.74, 6) is -0.624. The summed E-state index contributed by atoms with van der Waals surface area (Å²) < 4.78 is 5.06. The highest BCUT2D eigenvalue weighted by atomic mass is 16.5. The predicted molar refractivity (Wildman–Crippen MR) is 128 cm³/mol. The number of carbonyl (C=O) groups excluding carboxylic acids is 3. The van der Waals surface area contributed by atoms with E-state index in [1.54, 1.807) is 31.9 Å². The van der Waals surface area contributed by atoms with Gasteiger partial charge in [-0.15, -0.1) is 0 Å². The number of nitrogens with zero attached hydrogens (tertiary/aromatic N) is 2. The molecule has 0 bridgehead atoms. The molecule has 4 atom stereocenters. The van der Waals surface area contributed by atoms with Crippen LogP contribution in [0.25, 0.3) is 0 Å². The highest BCUT2D eigenvalue weighted by Gasteiger charge is 2.35. The Morgan fingerprint density at radius 2 is 1.78 bits per heavy atom. The van der Waals surface area contributed by atoms with Crippen LogP contribution >= 0.6 is 0 Å². The summed E-state index contributed by atoms with van der Waals surface area (Å²) in [7, 11) is 1.74. The minimum Gasteiger partial charge on any atom is -0.463 e. The number of hydrogen-bond acceptors (Lipinski definition) is 5. The van der Waals surface area contributed by atoms with Crippen LogP contribution in [0, 0.1) is 5.92 Å². The minimum absolute atomic E-state index is 0.0535. The lowest BCUT2D eigenvalue weighted by atomic mass is 9.96. The van der Waals surface area contributed by atoms with E-state index in [9.17, 15) is 14.4 Å². The van der Waals surface area contributed by atoms with Gasteiger partial charge in [-0.3, -0.25) is 14.5 Å². The molecule has 2 amide bonds. The number of carbonyl (C=O) groups is 3. The first-order valence-corrected chi connectivity index (χ1v) is 12.3. The monoisotopic (exact) mass is 451 g/mol. The van der Waals surface area contributed by atoms with Crippen LogP contribution in [0.3, 0.4) is 0 Å². The van der Waals surface area contributed by atoms with Gasteiger partial charge in [0.25, 0.3) is 0 Å². The average Bonchev–Trinajstić information content (AvgIpc) is 2.78. The molecule has 7 nitrogen and oxygen atoms in total. The van der Waals surface area contributed by atoms with Crippen molar-refractivity contribution in [3.63, 3.8) is 0 Å². The van der Waals surface area contributed by atoms with Gasteiger partial charge < -0.3 is 15.0 Å². The zero-order chi connectivity index (χ0) is 24.4. The van der Waals surface area contributed by atoms with E-state index in [0.717, 1.165) is 32.2 Å². The van der Waals surface area contributed by atoms with E-state index in [-0.39, 0.29) is 35.8 Å². The van der Waals surface area contributed by atoms with Gasteiger partial charge in [0.05, 0.1) is 18.7 Å². The number of esters is 1. The molecule has 0 radical (unpaired) electrons. The summed E-state index contributed by atoms with van der Waals surface area (Å²) in [6.07, 6.45) is 6.38. The largest absolute Gasteiger partial charge is 0.463 e. The number of piperidine rings is 1. The normalized spacial score (nSPS) is 20.4. The smallest absolute Gasteiger partial charge is 0.333 e. The molecule has 32 heavy (non-hydrogen) atoms. The molecule has 0 aromatic heterocycles. The highest BCUT2D eigenvalue weighted by Crippen LogP contribution is 2.22. The molecule has 1 N–H and O–H groups in total. The molecule has 0 aliphatic carbocycles. The molecule has 7 heteroatoms. The van der Waals surface area contributed by atoms with Crippen LogP contribution in [0.5, 0.6) is 0 Å². The lowest BCUT2D eigenvalue weighted by Crippen LogP contribution is -2.58. The number of amides is 2. The Labute approximate surface area is 194 Å². The number of hydrogen-bond donors (Lipinski definition) is 1. The van der Waals surface area contributed by atoms with Crippen LogP contribution in [0.1, 0.15) is 80.6 Å². The van der Waals surface area contributed by atoms with E-state index < -0.39 is 6.04 Å². The van der Waals surface area contributed by atoms with Crippen molar-refractivity contribution in [3.05, 3.63) is 11.6 Å². The van der Waals surface area contributed by atoms with Crippen LogP contribution in [0.2, 0.25) is 0 Å². The van der Waals surface area contributed by atoms with Crippen molar-refractivity contribution in [2.45, 2.75) is 105 Å². The summed E-state index contributed by atoms with van der Waals surface area (Å²) in [6.45, 7) is 14.9. The third-order valence-electron chi connectivity index (χ3n) is 6.54. The molecular weight excluding hydrogens is 406 g/mol. The Balaban J connectivity index is 2.99. The van der Waals surface area contributed by atoms with Crippen LogP contribution < -0.4 is 5.32 Å². The number of rotatable bonds is 11. The highest BCUT2D eigenvalue weighted by molar-refractivity contribution is 5.91. The van der Waals surface area contributed by atoms with Gasteiger partial charge in [-0.25, -0.2) is 4.79 Å².